The van der Waals surface area contributed by atoms with Crippen LogP contribution in [0.15, 0.2) is 54.9 Å². The third-order valence-corrected chi connectivity index (χ3v) is 4.95. The van der Waals surface area contributed by atoms with E-state index in [0.717, 1.165) is 10.8 Å². The molecule has 1 aliphatic heterocycles. The molecule has 1 saturated heterocycles. The molecule has 0 unspecified atom stereocenters. The summed E-state index contributed by atoms with van der Waals surface area (Å²) in [4.78, 5) is 36.5. The molecule has 7 heteroatoms. The monoisotopic (exact) mass is 392 g/mol. The fourth-order valence-electron chi connectivity index (χ4n) is 3.33. The number of hydrogen-bond acceptors (Lipinski definition) is 6. The third-order valence-electron chi connectivity index (χ3n) is 4.95. The lowest BCUT2D eigenvalue weighted by atomic mass is 10.1. The summed E-state index contributed by atoms with van der Waals surface area (Å²) in [5.74, 6) is 0.139. The van der Waals surface area contributed by atoms with E-state index in [1.807, 2.05) is 52.3 Å². The zero-order valence-corrected chi connectivity index (χ0v) is 15.3. The maximum atomic E-state index is 12.9. The highest BCUT2D eigenvalue weighted by Gasteiger charge is 2.23. The summed E-state index contributed by atoms with van der Waals surface area (Å²) < 4.78 is 0. The lowest BCUT2D eigenvalue weighted by Crippen LogP contribution is -2.49. The fraction of sp³-hybridized carbons (Fsp3) is 0.273. The van der Waals surface area contributed by atoms with E-state index in [1.165, 1.54) is 12.4 Å². The zero-order chi connectivity index (χ0) is 19.5. The maximum absolute atomic E-state index is 12.9. The molecule has 1 fully saturated rings. The Bertz CT molecular complexity index is 1010. The van der Waals surface area contributed by atoms with Crippen molar-refractivity contribution >= 4 is 28.4 Å². The van der Waals surface area contributed by atoms with Gasteiger partial charge >= 0.3 is 0 Å². The van der Waals surface area contributed by atoms with Crippen LogP contribution in [0.3, 0.4) is 0 Å². The van der Waals surface area contributed by atoms with Gasteiger partial charge in [-0.3, -0.25) is 9.59 Å². The number of ketones is 1. The first-order valence-corrected chi connectivity index (χ1v) is 9.15. The molecule has 0 radical (unpaired) electrons. The predicted molar refractivity (Wildman–Crippen MR) is 112 cm³/mol. The van der Waals surface area contributed by atoms with E-state index in [4.69, 9.17) is 5.11 Å². The molecule has 0 saturated carbocycles. The summed E-state index contributed by atoms with van der Waals surface area (Å²) in [6.45, 7) is 1.83. The minimum Gasteiger partial charge on any atom is -0.388 e. The van der Waals surface area contributed by atoms with Gasteiger partial charge in [0.15, 0.2) is 5.78 Å². The molecule has 4 rings (SSSR count). The lowest BCUT2D eigenvalue weighted by molar-refractivity contribution is 0.0746. The molecule has 2 aromatic carbocycles. The number of nitrogens with zero attached hydrogens (tertiary/aromatic N) is 4. The van der Waals surface area contributed by atoms with Gasteiger partial charge in [-0.1, -0.05) is 37.8 Å². The Balaban J connectivity index is 0.00000240. The van der Waals surface area contributed by atoms with E-state index in [-0.39, 0.29) is 18.9 Å². The third kappa shape index (κ3) is 4.25. The van der Waals surface area contributed by atoms with Gasteiger partial charge in [0.05, 0.1) is 5.56 Å². The van der Waals surface area contributed by atoms with Crippen LogP contribution < -0.4 is 4.90 Å². The van der Waals surface area contributed by atoms with E-state index in [2.05, 4.69) is 9.97 Å². The first kappa shape index (κ1) is 20.4. The van der Waals surface area contributed by atoms with E-state index >= 15 is 0 Å². The van der Waals surface area contributed by atoms with Crippen LogP contribution in [-0.4, -0.2) is 64.5 Å². The topological polar surface area (TPSA) is 86.6 Å². The molecule has 1 amide bonds. The zero-order valence-electron chi connectivity index (χ0n) is 15.3. The van der Waals surface area contributed by atoms with E-state index < -0.39 is 12.4 Å². The average Bonchev–Trinajstić information content (AvgIpc) is 2.78. The van der Waals surface area contributed by atoms with Crippen LogP contribution in [0, 0.1) is 0 Å². The fourth-order valence-corrected chi connectivity index (χ4v) is 3.33. The molecule has 0 bridgehead atoms. The number of Topliss-reactive ketones (excluding diaryl/α,β-unsaturated/α-hetero) is 1. The SMILES string of the molecule is C.O=C(CO)c1cnc(N2CCN(C(=O)c3ccc4ccccc4c3)CC2)nc1. The van der Waals surface area contributed by atoms with Crippen molar-refractivity contribution in [3.63, 3.8) is 0 Å². The van der Waals surface area contributed by atoms with Gasteiger partial charge in [0.2, 0.25) is 5.95 Å². The molecule has 0 spiro atoms. The van der Waals surface area contributed by atoms with Crippen molar-refractivity contribution in [2.75, 3.05) is 37.7 Å². The molecule has 1 N–H and O–H groups in total. The minimum absolute atomic E-state index is 0. The Kier molecular flexibility index (Phi) is 6.19. The van der Waals surface area contributed by atoms with E-state index in [0.29, 0.717) is 37.7 Å². The van der Waals surface area contributed by atoms with Crippen molar-refractivity contribution in [2.24, 2.45) is 0 Å². The molecule has 1 aliphatic rings. The number of benzene rings is 2. The summed E-state index contributed by atoms with van der Waals surface area (Å²) in [6, 6.07) is 13.8. The van der Waals surface area contributed by atoms with Gasteiger partial charge in [-0.25, -0.2) is 9.97 Å². The standard InChI is InChI=1S/C21H20N4O3.CH4/c26-14-19(27)18-12-22-21(23-13-18)25-9-7-24(8-10-25)20(28)17-6-5-15-3-1-2-4-16(15)11-17;/h1-6,11-13,26H,7-10,14H2;1H4. The molecular weight excluding hydrogens is 368 g/mol. The van der Waals surface area contributed by atoms with Gasteiger partial charge in [-0.15, -0.1) is 0 Å². The summed E-state index contributed by atoms with van der Waals surface area (Å²) in [6.07, 6.45) is 2.85. The predicted octanol–water partition coefficient (Wildman–Crippen LogP) is 2.40. The number of amides is 1. The van der Waals surface area contributed by atoms with Crippen LogP contribution in [0.2, 0.25) is 0 Å². The van der Waals surface area contributed by atoms with Crippen molar-refractivity contribution in [1.82, 2.24) is 14.9 Å². The van der Waals surface area contributed by atoms with E-state index in [1.54, 1.807) is 0 Å². The molecule has 1 aromatic heterocycles. The van der Waals surface area contributed by atoms with Crippen molar-refractivity contribution < 1.29 is 14.7 Å². The van der Waals surface area contributed by atoms with Crippen LogP contribution in [0.4, 0.5) is 5.95 Å². The van der Waals surface area contributed by atoms with Crippen LogP contribution in [-0.2, 0) is 0 Å². The first-order valence-electron chi connectivity index (χ1n) is 9.15. The highest BCUT2D eigenvalue weighted by Crippen LogP contribution is 2.18. The number of anilines is 1. The number of carbonyl (C=O) groups excluding carboxylic acids is 2. The Hall–Kier alpha value is -3.32. The van der Waals surface area contributed by atoms with Crippen molar-refractivity contribution in [1.29, 1.82) is 0 Å². The average molecular weight is 392 g/mol. The van der Waals surface area contributed by atoms with Gasteiger partial charge in [0, 0.05) is 44.1 Å². The van der Waals surface area contributed by atoms with Crippen molar-refractivity contribution in [3.8, 4) is 0 Å². The van der Waals surface area contributed by atoms with Gasteiger partial charge < -0.3 is 14.9 Å². The number of aromatic nitrogens is 2. The van der Waals surface area contributed by atoms with Crippen LogP contribution in [0.25, 0.3) is 10.8 Å². The van der Waals surface area contributed by atoms with Gasteiger partial charge in [0.25, 0.3) is 5.91 Å². The van der Waals surface area contributed by atoms with Crippen LogP contribution >= 0.6 is 0 Å². The normalized spacial score (nSPS) is 13.8. The number of piperazine rings is 1. The molecule has 2 heterocycles. The number of aliphatic hydroxyl groups is 1. The van der Waals surface area contributed by atoms with Gasteiger partial charge in [-0.05, 0) is 22.9 Å². The van der Waals surface area contributed by atoms with Crippen LogP contribution in [0.5, 0.6) is 0 Å². The van der Waals surface area contributed by atoms with Gasteiger partial charge in [-0.2, -0.15) is 0 Å². The maximum Gasteiger partial charge on any atom is 0.253 e. The molecule has 0 atom stereocenters. The Morgan fingerprint density at radius 3 is 2.21 bits per heavy atom. The van der Waals surface area contributed by atoms with Crippen molar-refractivity contribution in [3.05, 3.63) is 66.0 Å². The van der Waals surface area contributed by atoms with E-state index in [9.17, 15) is 9.59 Å². The number of carbonyl (C=O) groups is 2. The number of aliphatic hydroxyl groups excluding tert-OH is 1. The molecule has 29 heavy (non-hydrogen) atoms. The summed E-state index contributed by atoms with van der Waals surface area (Å²) in [5.41, 5.74) is 0.978. The van der Waals surface area contributed by atoms with Gasteiger partial charge in [0.1, 0.15) is 6.61 Å². The summed E-state index contributed by atoms with van der Waals surface area (Å²) in [5, 5.41) is 11.1. The first-order chi connectivity index (χ1) is 13.7. The summed E-state index contributed by atoms with van der Waals surface area (Å²) >= 11 is 0. The van der Waals surface area contributed by atoms with Crippen molar-refractivity contribution in [2.45, 2.75) is 7.43 Å². The number of rotatable bonds is 4. The molecular formula is C22H24N4O3. The second-order valence-corrected chi connectivity index (χ2v) is 6.69. The minimum atomic E-state index is -0.557. The second-order valence-electron chi connectivity index (χ2n) is 6.69. The molecule has 7 nitrogen and oxygen atoms in total. The quantitative estimate of drug-likeness (QED) is 0.686. The number of fused-ring (bicyclic) bond motifs is 1. The van der Waals surface area contributed by atoms with Crippen LogP contribution in [0.1, 0.15) is 28.1 Å². The highest BCUT2D eigenvalue weighted by molar-refractivity contribution is 5.98. The molecule has 0 aliphatic carbocycles. The largest absolute Gasteiger partial charge is 0.388 e. The molecule has 3 aromatic rings. The molecule has 150 valence electrons. The smallest absolute Gasteiger partial charge is 0.253 e. The lowest BCUT2D eigenvalue weighted by Gasteiger charge is -2.34. The second kappa shape index (κ2) is 8.79. The highest BCUT2D eigenvalue weighted by atomic mass is 16.3. The Morgan fingerprint density at radius 1 is 0.897 bits per heavy atom. The number of hydrogen-bond donors (Lipinski definition) is 1. The Labute approximate surface area is 169 Å². The Morgan fingerprint density at radius 2 is 1.55 bits per heavy atom. The summed E-state index contributed by atoms with van der Waals surface area (Å²) in [7, 11) is 0.